The Kier molecular flexibility index (Phi) is 13.0. The lowest BCUT2D eigenvalue weighted by Crippen LogP contribution is -2.37. The molecule has 0 amide bonds. The number of carbonyl (C=O) groups excluding carboxylic acids is 1. The number of nitrogens with zero attached hydrogens (tertiary/aromatic N) is 1. The number of ether oxygens (including phenoxy) is 1. The molecule has 0 saturated heterocycles. The summed E-state index contributed by atoms with van der Waals surface area (Å²) in [6.07, 6.45) is 0.316. The summed E-state index contributed by atoms with van der Waals surface area (Å²) in [5.41, 5.74) is 0. The van der Waals surface area contributed by atoms with Crippen LogP contribution in [0.3, 0.4) is 0 Å². The average molecular weight is 329 g/mol. The van der Waals surface area contributed by atoms with E-state index in [1.807, 2.05) is 13.8 Å². The number of guanidine groups is 1. The van der Waals surface area contributed by atoms with E-state index in [2.05, 4.69) is 20.4 Å². The zero-order valence-electron chi connectivity index (χ0n) is 9.50. The molecule has 0 atom stereocenters. The predicted octanol–water partition coefficient (Wildman–Crippen LogP) is 0.742. The van der Waals surface area contributed by atoms with Gasteiger partial charge in [-0.15, -0.1) is 24.0 Å². The van der Waals surface area contributed by atoms with Gasteiger partial charge < -0.3 is 15.4 Å². The minimum absolute atomic E-state index is 0. The Morgan fingerprint density at radius 2 is 1.80 bits per heavy atom. The molecule has 15 heavy (non-hydrogen) atoms. The van der Waals surface area contributed by atoms with Crippen molar-refractivity contribution in [2.45, 2.75) is 20.3 Å². The van der Waals surface area contributed by atoms with Crippen LogP contribution in [0, 0.1) is 0 Å². The lowest BCUT2D eigenvalue weighted by Gasteiger charge is -2.08. The number of halogens is 1. The highest BCUT2D eigenvalue weighted by Crippen LogP contribution is 1.85. The van der Waals surface area contributed by atoms with Gasteiger partial charge in [0.2, 0.25) is 0 Å². The van der Waals surface area contributed by atoms with Gasteiger partial charge in [0, 0.05) is 13.1 Å². The first-order valence-corrected chi connectivity index (χ1v) is 4.83. The standard InChI is InChI=1S/C9H19N3O2.HI/c1-4-10-9(11-5-2)12-7-6-8(13)14-3;/h4-7H2,1-3H3,(H2,10,11,12);1H. The van der Waals surface area contributed by atoms with Gasteiger partial charge >= 0.3 is 5.97 Å². The number of hydrogen-bond acceptors (Lipinski definition) is 3. The minimum Gasteiger partial charge on any atom is -0.469 e. The molecule has 0 aromatic carbocycles. The van der Waals surface area contributed by atoms with Crippen LogP contribution >= 0.6 is 24.0 Å². The molecule has 0 heterocycles. The van der Waals surface area contributed by atoms with E-state index in [0.29, 0.717) is 13.0 Å². The molecular weight excluding hydrogens is 309 g/mol. The molecule has 0 saturated carbocycles. The van der Waals surface area contributed by atoms with Crippen molar-refractivity contribution in [3.63, 3.8) is 0 Å². The first-order chi connectivity index (χ1) is 6.74. The second-order valence-corrected chi connectivity index (χ2v) is 2.62. The van der Waals surface area contributed by atoms with Crippen molar-refractivity contribution >= 4 is 35.9 Å². The van der Waals surface area contributed by atoms with E-state index < -0.39 is 0 Å². The van der Waals surface area contributed by atoms with Gasteiger partial charge in [-0.1, -0.05) is 0 Å². The summed E-state index contributed by atoms with van der Waals surface area (Å²) < 4.78 is 4.50. The number of rotatable bonds is 5. The van der Waals surface area contributed by atoms with E-state index in [4.69, 9.17) is 0 Å². The molecule has 0 fully saturated rings. The molecule has 0 aliphatic heterocycles. The van der Waals surface area contributed by atoms with Crippen LogP contribution in [0.25, 0.3) is 0 Å². The van der Waals surface area contributed by atoms with Gasteiger partial charge in [-0.05, 0) is 13.8 Å². The summed E-state index contributed by atoms with van der Waals surface area (Å²) in [4.78, 5) is 15.0. The van der Waals surface area contributed by atoms with Gasteiger partial charge in [0.25, 0.3) is 0 Å². The van der Waals surface area contributed by atoms with Crippen LogP contribution in [0.1, 0.15) is 20.3 Å². The summed E-state index contributed by atoms with van der Waals surface area (Å²) >= 11 is 0. The Morgan fingerprint density at radius 3 is 2.20 bits per heavy atom. The van der Waals surface area contributed by atoms with Crippen molar-refractivity contribution in [3.8, 4) is 0 Å². The molecule has 0 aromatic rings. The second-order valence-electron chi connectivity index (χ2n) is 2.62. The Bertz CT molecular complexity index is 190. The van der Waals surface area contributed by atoms with Crippen LogP contribution in [0.15, 0.2) is 4.99 Å². The van der Waals surface area contributed by atoms with E-state index in [-0.39, 0.29) is 29.9 Å². The number of hydrogen-bond donors (Lipinski definition) is 2. The summed E-state index contributed by atoms with van der Waals surface area (Å²) in [6, 6.07) is 0. The Labute approximate surface area is 108 Å². The van der Waals surface area contributed by atoms with Crippen molar-refractivity contribution < 1.29 is 9.53 Å². The highest BCUT2D eigenvalue weighted by atomic mass is 127. The molecule has 0 radical (unpaired) electrons. The third kappa shape index (κ3) is 9.77. The lowest BCUT2D eigenvalue weighted by molar-refractivity contribution is -0.140. The second kappa shape index (κ2) is 11.5. The van der Waals surface area contributed by atoms with Gasteiger partial charge in [-0.3, -0.25) is 9.79 Å². The summed E-state index contributed by atoms with van der Waals surface area (Å²) in [6.45, 7) is 6.05. The Morgan fingerprint density at radius 1 is 1.27 bits per heavy atom. The normalized spacial score (nSPS) is 8.47. The monoisotopic (exact) mass is 329 g/mol. The lowest BCUT2D eigenvalue weighted by atomic mass is 10.4. The number of methoxy groups -OCH3 is 1. The largest absolute Gasteiger partial charge is 0.469 e. The van der Waals surface area contributed by atoms with Crippen LogP contribution in [0.4, 0.5) is 0 Å². The highest BCUT2D eigenvalue weighted by Gasteiger charge is 1.99. The van der Waals surface area contributed by atoms with Crippen LogP contribution in [0.2, 0.25) is 0 Å². The molecule has 0 rings (SSSR count). The number of esters is 1. The Balaban J connectivity index is 0. The van der Waals surface area contributed by atoms with Gasteiger partial charge in [0.05, 0.1) is 20.1 Å². The molecule has 90 valence electrons. The first kappa shape index (κ1) is 16.9. The number of carbonyl (C=O) groups is 1. The summed E-state index contributed by atoms with van der Waals surface area (Å²) in [7, 11) is 1.38. The maximum absolute atomic E-state index is 10.8. The van der Waals surface area contributed by atoms with Gasteiger partial charge in [-0.2, -0.15) is 0 Å². The first-order valence-electron chi connectivity index (χ1n) is 4.83. The highest BCUT2D eigenvalue weighted by molar-refractivity contribution is 14.0. The summed E-state index contributed by atoms with van der Waals surface area (Å²) in [5.74, 6) is 0.500. The van der Waals surface area contributed by atoms with Crippen molar-refractivity contribution in [2.24, 2.45) is 4.99 Å². The zero-order chi connectivity index (χ0) is 10.8. The third-order valence-electron chi connectivity index (χ3n) is 1.50. The maximum atomic E-state index is 10.8. The molecule has 2 N–H and O–H groups in total. The van der Waals surface area contributed by atoms with Gasteiger partial charge in [-0.25, -0.2) is 0 Å². The van der Waals surface area contributed by atoms with E-state index >= 15 is 0 Å². The fourth-order valence-electron chi connectivity index (χ4n) is 0.870. The maximum Gasteiger partial charge on any atom is 0.307 e. The van der Waals surface area contributed by atoms with Crippen molar-refractivity contribution in [1.82, 2.24) is 10.6 Å². The van der Waals surface area contributed by atoms with E-state index in [0.717, 1.165) is 19.0 Å². The molecule has 5 nitrogen and oxygen atoms in total. The Hall–Kier alpha value is -0.530. The minimum atomic E-state index is -0.235. The summed E-state index contributed by atoms with van der Waals surface area (Å²) in [5, 5.41) is 6.12. The molecule has 0 aromatic heterocycles. The fourth-order valence-corrected chi connectivity index (χ4v) is 0.870. The smallest absolute Gasteiger partial charge is 0.307 e. The van der Waals surface area contributed by atoms with Crippen LogP contribution in [-0.4, -0.2) is 38.7 Å². The van der Waals surface area contributed by atoms with Crippen LogP contribution < -0.4 is 10.6 Å². The van der Waals surface area contributed by atoms with Crippen LogP contribution in [-0.2, 0) is 9.53 Å². The molecule has 0 aliphatic carbocycles. The van der Waals surface area contributed by atoms with Crippen molar-refractivity contribution in [2.75, 3.05) is 26.7 Å². The molecule has 0 bridgehead atoms. The fraction of sp³-hybridized carbons (Fsp3) is 0.778. The number of nitrogens with one attached hydrogen (secondary N) is 2. The van der Waals surface area contributed by atoms with Crippen LogP contribution in [0.5, 0.6) is 0 Å². The predicted molar refractivity (Wildman–Crippen MR) is 71.7 cm³/mol. The van der Waals surface area contributed by atoms with E-state index in [1.165, 1.54) is 7.11 Å². The molecule has 0 aliphatic rings. The SMILES string of the molecule is CCNC(=NCCC(=O)OC)NCC.I. The molecular formula is C9H20IN3O2. The van der Waals surface area contributed by atoms with E-state index in [1.54, 1.807) is 0 Å². The van der Waals surface area contributed by atoms with Gasteiger partial charge in [0.1, 0.15) is 0 Å². The van der Waals surface area contributed by atoms with E-state index in [9.17, 15) is 4.79 Å². The topological polar surface area (TPSA) is 62.7 Å². The quantitative estimate of drug-likeness (QED) is 0.338. The molecule has 0 spiro atoms. The molecule has 6 heteroatoms. The van der Waals surface area contributed by atoms with Crippen molar-refractivity contribution in [1.29, 1.82) is 0 Å². The molecule has 0 unspecified atom stereocenters. The number of aliphatic imine (C=N–C) groups is 1. The average Bonchev–Trinajstić information content (AvgIpc) is 2.18. The third-order valence-corrected chi connectivity index (χ3v) is 1.50. The van der Waals surface area contributed by atoms with Gasteiger partial charge in [0.15, 0.2) is 5.96 Å². The zero-order valence-corrected chi connectivity index (χ0v) is 11.8. The van der Waals surface area contributed by atoms with Crippen molar-refractivity contribution in [3.05, 3.63) is 0 Å².